The van der Waals surface area contributed by atoms with Gasteiger partial charge in [0, 0.05) is 0 Å². The third-order valence-corrected chi connectivity index (χ3v) is 5.22. The van der Waals surface area contributed by atoms with Crippen molar-refractivity contribution in [1.29, 1.82) is 0 Å². The molecule has 0 amide bonds. The van der Waals surface area contributed by atoms with E-state index in [2.05, 4.69) is 19.6 Å². The number of hydrogen-bond donors (Lipinski definition) is 0. The van der Waals surface area contributed by atoms with Crippen LogP contribution in [0.4, 0.5) is 0 Å². The van der Waals surface area contributed by atoms with Crippen molar-refractivity contribution in [2.45, 2.75) is 39.4 Å². The molecule has 0 bridgehead atoms. The Morgan fingerprint density at radius 3 is 1.71 bits per heavy atom. The van der Waals surface area contributed by atoms with Crippen LogP contribution in [-0.4, -0.2) is 33.2 Å². The van der Waals surface area contributed by atoms with Crippen LogP contribution in [0, 0.1) is 0 Å². The number of ether oxygens (including phenoxy) is 2. The van der Waals surface area contributed by atoms with Crippen molar-refractivity contribution in [3.63, 3.8) is 0 Å². The van der Waals surface area contributed by atoms with Gasteiger partial charge in [-0.3, -0.25) is 9.59 Å². The summed E-state index contributed by atoms with van der Waals surface area (Å²) in [5.74, 6) is -2.12. The van der Waals surface area contributed by atoms with Crippen LogP contribution in [0.15, 0.2) is 24.3 Å². The molecule has 0 heterocycles. The summed E-state index contributed by atoms with van der Waals surface area (Å²) in [4.78, 5) is 24.1. The fourth-order valence-corrected chi connectivity index (χ4v) is 3.16. The lowest BCUT2D eigenvalue weighted by molar-refractivity contribution is -0.156. The van der Waals surface area contributed by atoms with Gasteiger partial charge in [0.1, 0.15) is 0 Å². The summed E-state index contributed by atoms with van der Waals surface area (Å²) in [7, 11) is -1.41. The molecular formula is C16H24O4Si. The minimum atomic E-state index is -1.41. The summed E-state index contributed by atoms with van der Waals surface area (Å²) in [6, 6.07) is 7.64. The maximum atomic E-state index is 12.0. The van der Waals surface area contributed by atoms with Gasteiger partial charge >= 0.3 is 11.9 Å². The molecule has 0 N–H and O–H groups in total. The Labute approximate surface area is 127 Å². The van der Waals surface area contributed by atoms with Gasteiger partial charge in [0.15, 0.2) is 5.92 Å². The highest BCUT2D eigenvalue weighted by atomic mass is 28.3. The van der Waals surface area contributed by atoms with Crippen molar-refractivity contribution in [3.8, 4) is 0 Å². The minimum Gasteiger partial charge on any atom is -0.465 e. The molecule has 0 atom stereocenters. The molecule has 0 spiro atoms. The average molecular weight is 308 g/mol. The summed E-state index contributed by atoms with van der Waals surface area (Å²) < 4.78 is 9.98. The van der Waals surface area contributed by atoms with Crippen LogP contribution in [-0.2, 0) is 19.1 Å². The van der Waals surface area contributed by atoms with Gasteiger partial charge in [-0.25, -0.2) is 0 Å². The maximum Gasteiger partial charge on any atom is 0.324 e. The van der Waals surface area contributed by atoms with E-state index in [1.165, 1.54) is 5.19 Å². The Hall–Kier alpha value is -1.62. The van der Waals surface area contributed by atoms with Crippen LogP contribution in [0.1, 0.15) is 25.3 Å². The van der Waals surface area contributed by atoms with E-state index in [-0.39, 0.29) is 13.2 Å². The van der Waals surface area contributed by atoms with Crippen LogP contribution < -0.4 is 5.19 Å². The molecule has 0 saturated carbocycles. The zero-order valence-electron chi connectivity index (χ0n) is 13.4. The summed E-state index contributed by atoms with van der Waals surface area (Å²) in [5, 5.41) is 1.28. The monoisotopic (exact) mass is 308 g/mol. The molecule has 0 saturated heterocycles. The van der Waals surface area contributed by atoms with E-state index in [9.17, 15) is 9.59 Å². The highest BCUT2D eigenvalue weighted by Gasteiger charge is 2.31. The molecule has 4 nitrogen and oxygen atoms in total. The second-order valence-corrected chi connectivity index (χ2v) is 10.9. The standard InChI is InChI=1S/C16H24O4Si/c1-6-19-15(17)14(16(18)20-7-2)12-8-10-13(11-9-12)21(3,4)5/h8-11,14H,6-7H2,1-5H3. The molecule has 0 fully saturated rings. The van der Waals surface area contributed by atoms with E-state index >= 15 is 0 Å². The molecule has 21 heavy (non-hydrogen) atoms. The summed E-state index contributed by atoms with van der Waals surface area (Å²) >= 11 is 0. The Morgan fingerprint density at radius 2 is 1.38 bits per heavy atom. The van der Waals surface area contributed by atoms with Crippen molar-refractivity contribution in [2.75, 3.05) is 13.2 Å². The third kappa shape index (κ3) is 4.70. The number of hydrogen-bond acceptors (Lipinski definition) is 4. The Balaban J connectivity index is 3.08. The minimum absolute atomic E-state index is 0.238. The number of esters is 2. The molecule has 1 aromatic rings. The molecule has 116 valence electrons. The van der Waals surface area contributed by atoms with E-state index in [0.29, 0.717) is 5.56 Å². The first-order valence-electron chi connectivity index (χ1n) is 7.25. The topological polar surface area (TPSA) is 52.6 Å². The van der Waals surface area contributed by atoms with E-state index < -0.39 is 25.9 Å². The zero-order valence-corrected chi connectivity index (χ0v) is 14.4. The van der Waals surface area contributed by atoms with Gasteiger partial charge in [0.05, 0.1) is 21.3 Å². The summed E-state index contributed by atoms with van der Waals surface area (Å²) in [6.07, 6.45) is 0. The molecule has 0 unspecified atom stereocenters. The molecular weight excluding hydrogens is 284 g/mol. The zero-order chi connectivity index (χ0) is 16.0. The largest absolute Gasteiger partial charge is 0.465 e. The molecule has 0 aliphatic heterocycles. The van der Waals surface area contributed by atoms with Gasteiger partial charge in [-0.2, -0.15) is 0 Å². The summed E-state index contributed by atoms with van der Waals surface area (Å²) in [5.41, 5.74) is 0.619. The van der Waals surface area contributed by atoms with Gasteiger partial charge in [-0.05, 0) is 19.4 Å². The van der Waals surface area contributed by atoms with Gasteiger partial charge in [0.2, 0.25) is 0 Å². The first-order valence-corrected chi connectivity index (χ1v) is 10.7. The predicted octanol–water partition coefficient (Wildman–Crippen LogP) is 2.44. The van der Waals surface area contributed by atoms with Crippen molar-refractivity contribution in [1.82, 2.24) is 0 Å². The average Bonchev–Trinajstić information content (AvgIpc) is 2.39. The molecule has 0 aromatic heterocycles. The highest BCUT2D eigenvalue weighted by Crippen LogP contribution is 2.19. The SMILES string of the molecule is CCOC(=O)C(C(=O)OCC)c1ccc([Si](C)(C)C)cc1. The van der Waals surface area contributed by atoms with E-state index in [0.717, 1.165) is 0 Å². The second kappa shape index (κ2) is 7.40. The van der Waals surface area contributed by atoms with Gasteiger partial charge in [0.25, 0.3) is 0 Å². The van der Waals surface area contributed by atoms with Gasteiger partial charge < -0.3 is 9.47 Å². The van der Waals surface area contributed by atoms with E-state index in [1.54, 1.807) is 13.8 Å². The summed E-state index contributed by atoms with van der Waals surface area (Å²) in [6.45, 7) is 10.6. The van der Waals surface area contributed by atoms with Gasteiger partial charge in [-0.1, -0.05) is 49.1 Å². The molecule has 5 heteroatoms. The lowest BCUT2D eigenvalue weighted by Gasteiger charge is -2.19. The third-order valence-electron chi connectivity index (χ3n) is 3.15. The van der Waals surface area contributed by atoms with Crippen molar-refractivity contribution < 1.29 is 19.1 Å². The lowest BCUT2D eigenvalue weighted by atomic mass is 9.99. The lowest BCUT2D eigenvalue weighted by Crippen LogP contribution is -2.37. The van der Waals surface area contributed by atoms with Crippen LogP contribution >= 0.6 is 0 Å². The molecule has 0 aliphatic rings. The molecule has 0 radical (unpaired) electrons. The molecule has 1 aromatic carbocycles. The van der Waals surface area contributed by atoms with E-state index in [4.69, 9.17) is 9.47 Å². The number of benzene rings is 1. The smallest absolute Gasteiger partial charge is 0.324 e. The maximum absolute atomic E-state index is 12.0. The predicted molar refractivity (Wildman–Crippen MR) is 85.4 cm³/mol. The van der Waals surface area contributed by atoms with Crippen LogP contribution in [0.2, 0.25) is 19.6 Å². The first kappa shape index (κ1) is 17.4. The Kier molecular flexibility index (Phi) is 6.14. The van der Waals surface area contributed by atoms with Crippen LogP contribution in [0.5, 0.6) is 0 Å². The first-order chi connectivity index (χ1) is 9.81. The molecule has 0 aliphatic carbocycles. The van der Waals surface area contributed by atoms with Crippen molar-refractivity contribution in [3.05, 3.63) is 29.8 Å². The van der Waals surface area contributed by atoms with Crippen molar-refractivity contribution in [2.24, 2.45) is 0 Å². The number of carbonyl (C=O) groups is 2. The second-order valence-electron chi connectivity index (χ2n) is 5.81. The van der Waals surface area contributed by atoms with Crippen molar-refractivity contribution >= 4 is 25.2 Å². The number of carbonyl (C=O) groups excluding carboxylic acids is 2. The Bertz CT molecular complexity index is 470. The van der Waals surface area contributed by atoms with Crippen LogP contribution in [0.25, 0.3) is 0 Å². The van der Waals surface area contributed by atoms with Crippen LogP contribution in [0.3, 0.4) is 0 Å². The highest BCUT2D eigenvalue weighted by molar-refractivity contribution is 6.88. The number of rotatable bonds is 6. The van der Waals surface area contributed by atoms with Gasteiger partial charge in [-0.15, -0.1) is 0 Å². The Morgan fingerprint density at radius 1 is 0.952 bits per heavy atom. The normalized spacial score (nSPS) is 11.3. The quantitative estimate of drug-likeness (QED) is 0.460. The molecule has 1 rings (SSSR count). The fraction of sp³-hybridized carbons (Fsp3) is 0.500. The van der Waals surface area contributed by atoms with E-state index in [1.807, 2.05) is 24.3 Å². The fourth-order valence-electron chi connectivity index (χ4n) is 2.00.